The zero-order valence-corrected chi connectivity index (χ0v) is 8.67. The molecule has 0 heterocycles. The van der Waals surface area contributed by atoms with Gasteiger partial charge >= 0.3 is 0 Å². The van der Waals surface area contributed by atoms with E-state index in [0.717, 1.165) is 0 Å². The molecule has 0 N–H and O–H groups in total. The first-order valence-electron chi connectivity index (χ1n) is 6.43. The Kier molecular flexibility index (Phi) is 2.11. The van der Waals surface area contributed by atoms with Gasteiger partial charge in [0.25, 0.3) is 0 Å². The minimum atomic E-state index is 1.17. The van der Waals surface area contributed by atoms with Gasteiger partial charge in [-0.1, -0.05) is 44.9 Å². The van der Waals surface area contributed by atoms with Crippen LogP contribution in [0.1, 0.15) is 57.8 Å². The van der Waals surface area contributed by atoms with Crippen molar-refractivity contribution < 1.29 is 0 Å². The summed E-state index contributed by atoms with van der Waals surface area (Å²) in [7, 11) is 0. The van der Waals surface area contributed by atoms with Crippen LogP contribution in [0, 0.1) is 23.7 Å². The van der Waals surface area contributed by atoms with Gasteiger partial charge in [-0.25, -0.2) is 0 Å². The lowest BCUT2D eigenvalue weighted by molar-refractivity contribution is 0.203. The Bertz CT molecular complexity index is 166. The summed E-state index contributed by atoms with van der Waals surface area (Å²) < 4.78 is 0. The van der Waals surface area contributed by atoms with E-state index in [9.17, 15) is 0 Å². The van der Waals surface area contributed by atoms with Crippen molar-refractivity contribution in [3.8, 4) is 0 Å². The lowest BCUT2D eigenvalue weighted by Gasteiger charge is -2.31. The van der Waals surface area contributed by atoms with E-state index in [1.54, 1.807) is 51.4 Å². The average Bonchev–Trinajstić information content (AvgIpc) is 2.43. The van der Waals surface area contributed by atoms with Gasteiger partial charge in [-0.15, -0.1) is 0 Å². The number of hydrogen-bond acceptors (Lipinski definition) is 0. The minimum Gasteiger partial charge on any atom is -0.0530 e. The number of fused-ring (bicyclic) bond motifs is 1. The van der Waals surface area contributed by atoms with Gasteiger partial charge in [-0.3, -0.25) is 0 Å². The molecule has 2 unspecified atom stereocenters. The largest absolute Gasteiger partial charge is 0.0530 e. The van der Waals surface area contributed by atoms with Crippen LogP contribution in [-0.4, -0.2) is 0 Å². The fourth-order valence-corrected chi connectivity index (χ4v) is 4.08. The molecule has 0 aromatic heterocycles. The molecule has 2 atom stereocenters. The SMILES string of the molecule is C1CC(C2CC3CCCCC3C2)C1. The first-order valence-corrected chi connectivity index (χ1v) is 6.43. The van der Waals surface area contributed by atoms with Crippen LogP contribution in [-0.2, 0) is 0 Å². The summed E-state index contributed by atoms with van der Waals surface area (Å²) in [6.07, 6.45) is 14.2. The summed E-state index contributed by atoms with van der Waals surface area (Å²) in [4.78, 5) is 0. The molecule has 0 aliphatic heterocycles. The van der Waals surface area contributed by atoms with Crippen molar-refractivity contribution in [2.45, 2.75) is 57.8 Å². The van der Waals surface area contributed by atoms with Gasteiger partial charge in [-0.05, 0) is 36.5 Å². The minimum absolute atomic E-state index is 1.17. The molecule has 0 heteroatoms. The predicted octanol–water partition coefficient (Wildman–Crippen LogP) is 4.00. The van der Waals surface area contributed by atoms with Crippen LogP contribution >= 0.6 is 0 Å². The third-order valence-electron chi connectivity index (χ3n) is 5.09. The molecule has 3 rings (SSSR count). The van der Waals surface area contributed by atoms with Gasteiger partial charge < -0.3 is 0 Å². The standard InChI is InChI=1S/C13H22/c1-2-5-12-9-13(8-11(12)4-1)10-6-3-7-10/h10-13H,1-9H2. The highest BCUT2D eigenvalue weighted by atomic mass is 14.5. The Morgan fingerprint density at radius 3 is 1.46 bits per heavy atom. The van der Waals surface area contributed by atoms with Gasteiger partial charge in [0.2, 0.25) is 0 Å². The lowest BCUT2D eigenvalue weighted by atomic mass is 9.75. The van der Waals surface area contributed by atoms with Crippen molar-refractivity contribution in [1.29, 1.82) is 0 Å². The Morgan fingerprint density at radius 2 is 1.00 bits per heavy atom. The van der Waals surface area contributed by atoms with Crippen molar-refractivity contribution in [3.63, 3.8) is 0 Å². The Hall–Kier alpha value is 0. The molecule has 0 spiro atoms. The maximum absolute atomic E-state index is 1.62. The summed E-state index contributed by atoms with van der Waals surface area (Å²) in [5.74, 6) is 4.67. The zero-order valence-electron chi connectivity index (χ0n) is 8.67. The Balaban J connectivity index is 1.62. The second-order valence-corrected chi connectivity index (χ2v) is 5.73. The topological polar surface area (TPSA) is 0 Å². The van der Waals surface area contributed by atoms with Gasteiger partial charge in [0.1, 0.15) is 0 Å². The highest BCUT2D eigenvalue weighted by Gasteiger charge is 2.40. The summed E-state index contributed by atoms with van der Waals surface area (Å²) in [5.41, 5.74) is 0. The van der Waals surface area contributed by atoms with E-state index in [0.29, 0.717) is 0 Å². The first kappa shape index (κ1) is 8.32. The maximum atomic E-state index is 1.62. The molecule has 0 aromatic rings. The normalized spacial score (nSPS) is 45.7. The molecule has 3 aliphatic rings. The monoisotopic (exact) mass is 178 g/mol. The summed E-state index contributed by atoms with van der Waals surface area (Å²) >= 11 is 0. The van der Waals surface area contributed by atoms with Gasteiger partial charge in [0.15, 0.2) is 0 Å². The molecule has 3 saturated carbocycles. The van der Waals surface area contributed by atoms with Crippen LogP contribution in [0.2, 0.25) is 0 Å². The zero-order chi connectivity index (χ0) is 8.67. The fourth-order valence-electron chi connectivity index (χ4n) is 4.08. The van der Waals surface area contributed by atoms with Crippen LogP contribution < -0.4 is 0 Å². The molecule has 0 amide bonds. The van der Waals surface area contributed by atoms with Crippen molar-refractivity contribution >= 4 is 0 Å². The van der Waals surface area contributed by atoms with Crippen molar-refractivity contribution in [2.75, 3.05) is 0 Å². The predicted molar refractivity (Wildman–Crippen MR) is 55.5 cm³/mol. The number of hydrogen-bond donors (Lipinski definition) is 0. The number of rotatable bonds is 1. The summed E-state index contributed by atoms with van der Waals surface area (Å²) in [5, 5.41) is 0. The van der Waals surface area contributed by atoms with Gasteiger partial charge in [-0.2, -0.15) is 0 Å². The highest BCUT2D eigenvalue weighted by Crippen LogP contribution is 2.51. The molecule has 0 radical (unpaired) electrons. The van der Waals surface area contributed by atoms with E-state index < -0.39 is 0 Å². The second-order valence-electron chi connectivity index (χ2n) is 5.73. The van der Waals surface area contributed by atoms with E-state index in [4.69, 9.17) is 0 Å². The molecule has 13 heavy (non-hydrogen) atoms. The van der Waals surface area contributed by atoms with E-state index in [1.807, 2.05) is 0 Å². The average molecular weight is 178 g/mol. The molecule has 3 fully saturated rings. The third-order valence-corrected chi connectivity index (χ3v) is 5.09. The third kappa shape index (κ3) is 1.43. The van der Waals surface area contributed by atoms with E-state index in [-0.39, 0.29) is 0 Å². The smallest absolute Gasteiger partial charge is 0.0380 e. The van der Waals surface area contributed by atoms with Crippen LogP contribution in [0.3, 0.4) is 0 Å². The highest BCUT2D eigenvalue weighted by molar-refractivity contribution is 4.90. The Morgan fingerprint density at radius 1 is 0.462 bits per heavy atom. The van der Waals surface area contributed by atoms with Crippen LogP contribution in [0.5, 0.6) is 0 Å². The van der Waals surface area contributed by atoms with Gasteiger partial charge in [0.05, 0.1) is 0 Å². The van der Waals surface area contributed by atoms with Gasteiger partial charge in [0, 0.05) is 0 Å². The first-order chi connectivity index (χ1) is 6.43. The molecule has 0 saturated heterocycles. The van der Waals surface area contributed by atoms with Crippen LogP contribution in [0.4, 0.5) is 0 Å². The fraction of sp³-hybridized carbons (Fsp3) is 1.00. The Labute approximate surface area is 82.1 Å². The van der Waals surface area contributed by atoms with Crippen molar-refractivity contribution in [3.05, 3.63) is 0 Å². The second kappa shape index (κ2) is 3.29. The maximum Gasteiger partial charge on any atom is -0.0380 e. The molecular weight excluding hydrogens is 156 g/mol. The van der Waals surface area contributed by atoms with Crippen LogP contribution in [0.15, 0.2) is 0 Å². The molecule has 0 aromatic carbocycles. The van der Waals surface area contributed by atoms with Crippen LogP contribution in [0.25, 0.3) is 0 Å². The summed E-state index contributed by atoms with van der Waals surface area (Å²) in [6.45, 7) is 0. The van der Waals surface area contributed by atoms with E-state index in [2.05, 4.69) is 0 Å². The molecule has 0 nitrogen and oxygen atoms in total. The van der Waals surface area contributed by atoms with Crippen molar-refractivity contribution in [2.24, 2.45) is 23.7 Å². The quantitative estimate of drug-likeness (QED) is 0.569. The lowest BCUT2D eigenvalue weighted by Crippen LogP contribution is -2.19. The molecule has 3 aliphatic carbocycles. The van der Waals surface area contributed by atoms with Crippen molar-refractivity contribution in [1.82, 2.24) is 0 Å². The summed E-state index contributed by atoms with van der Waals surface area (Å²) in [6, 6.07) is 0. The molecular formula is C13H22. The van der Waals surface area contributed by atoms with E-state index >= 15 is 0 Å². The van der Waals surface area contributed by atoms with E-state index in [1.165, 1.54) is 30.1 Å². The molecule has 0 bridgehead atoms. The molecule has 74 valence electrons.